The first-order valence-electron chi connectivity index (χ1n) is 5.64. The second-order valence-electron chi connectivity index (χ2n) is 4.20. The van der Waals surface area contributed by atoms with Gasteiger partial charge in [-0.25, -0.2) is 0 Å². The summed E-state index contributed by atoms with van der Waals surface area (Å²) in [6, 6.07) is 8.29. The third-order valence-electron chi connectivity index (χ3n) is 2.70. The minimum atomic E-state index is -0.308. The third kappa shape index (κ3) is 3.45. The number of carbonyl (C=O) groups excluding carboxylic acids is 1. The molecular weight excluding hydrogens is 456 g/mol. The number of hydrogen-bond donors (Lipinski definition) is 2. The van der Waals surface area contributed by atoms with Gasteiger partial charge in [0.25, 0.3) is 5.91 Å². The quantitative estimate of drug-likeness (QED) is 0.614. The zero-order chi connectivity index (χ0) is 14.9. The summed E-state index contributed by atoms with van der Waals surface area (Å²) in [7, 11) is 0. The number of rotatable bonds is 2. The van der Waals surface area contributed by atoms with Gasteiger partial charge in [0.15, 0.2) is 0 Å². The molecule has 0 atom stereocenters. The van der Waals surface area contributed by atoms with Crippen molar-refractivity contribution in [3.8, 4) is 5.75 Å². The smallest absolute Gasteiger partial charge is 0.255 e. The Bertz CT molecular complexity index is 691. The van der Waals surface area contributed by atoms with Gasteiger partial charge in [-0.15, -0.1) is 0 Å². The Morgan fingerprint density at radius 1 is 1.35 bits per heavy atom. The number of benzene rings is 2. The molecule has 0 saturated heterocycles. The summed E-state index contributed by atoms with van der Waals surface area (Å²) in [5.74, 6) is -0.225. The molecule has 2 N–H and O–H groups in total. The van der Waals surface area contributed by atoms with Gasteiger partial charge in [0.05, 0.1) is 9.26 Å². The topological polar surface area (TPSA) is 49.3 Å². The number of aryl methyl sites for hydroxylation is 1. The van der Waals surface area contributed by atoms with E-state index in [0.717, 1.165) is 10.0 Å². The van der Waals surface area contributed by atoms with Crippen molar-refractivity contribution in [1.82, 2.24) is 0 Å². The Kier molecular flexibility index (Phi) is 4.93. The van der Waals surface area contributed by atoms with Crippen LogP contribution in [0.5, 0.6) is 5.75 Å². The molecule has 0 saturated carbocycles. The van der Waals surface area contributed by atoms with E-state index in [9.17, 15) is 9.90 Å². The van der Waals surface area contributed by atoms with Crippen LogP contribution in [-0.4, -0.2) is 11.0 Å². The number of carbonyl (C=O) groups is 1. The summed E-state index contributed by atoms with van der Waals surface area (Å²) in [5.41, 5.74) is 1.89. The van der Waals surface area contributed by atoms with E-state index in [1.54, 1.807) is 18.2 Å². The first-order chi connectivity index (χ1) is 9.38. The molecule has 20 heavy (non-hydrogen) atoms. The van der Waals surface area contributed by atoms with E-state index < -0.39 is 0 Å². The van der Waals surface area contributed by atoms with Gasteiger partial charge in [-0.3, -0.25) is 4.79 Å². The molecule has 0 heterocycles. The van der Waals surface area contributed by atoms with Gasteiger partial charge in [0.2, 0.25) is 0 Å². The van der Waals surface area contributed by atoms with Crippen LogP contribution in [0.1, 0.15) is 15.9 Å². The Labute approximate surface area is 143 Å². The van der Waals surface area contributed by atoms with E-state index in [2.05, 4.69) is 21.2 Å². The Morgan fingerprint density at radius 2 is 2.05 bits per heavy atom. The first kappa shape index (κ1) is 15.6. The molecule has 2 aromatic rings. The van der Waals surface area contributed by atoms with Crippen molar-refractivity contribution < 1.29 is 9.90 Å². The van der Waals surface area contributed by atoms with E-state index in [1.165, 1.54) is 6.07 Å². The maximum Gasteiger partial charge on any atom is 0.255 e. The predicted molar refractivity (Wildman–Crippen MR) is 92.7 cm³/mol. The molecule has 0 unspecified atom stereocenters. The number of phenols is 1. The van der Waals surface area contributed by atoms with Crippen molar-refractivity contribution in [2.24, 2.45) is 0 Å². The lowest BCUT2D eigenvalue weighted by molar-refractivity contribution is 0.102. The van der Waals surface area contributed by atoms with Gasteiger partial charge >= 0.3 is 0 Å². The molecule has 3 nitrogen and oxygen atoms in total. The standard InChI is InChI=1S/C14H10BrClINO2/c1-7-4-9(15)12(6-10(7)16)18-14(20)8-2-3-11(17)13(19)5-8/h2-6,19H,1H3,(H,18,20). The lowest BCUT2D eigenvalue weighted by Gasteiger charge is -2.10. The van der Waals surface area contributed by atoms with Crippen LogP contribution < -0.4 is 5.32 Å². The first-order valence-corrected chi connectivity index (χ1v) is 7.89. The second-order valence-corrected chi connectivity index (χ2v) is 6.63. The van der Waals surface area contributed by atoms with Crippen LogP contribution in [0.2, 0.25) is 5.02 Å². The third-order valence-corrected chi connectivity index (χ3v) is 4.68. The second kappa shape index (κ2) is 6.32. The molecule has 0 bridgehead atoms. The van der Waals surface area contributed by atoms with E-state index in [0.29, 0.717) is 19.8 Å². The molecule has 2 rings (SSSR count). The van der Waals surface area contributed by atoms with Crippen LogP contribution in [0.15, 0.2) is 34.8 Å². The number of amides is 1. The molecule has 0 aliphatic carbocycles. The van der Waals surface area contributed by atoms with Crippen LogP contribution in [-0.2, 0) is 0 Å². The number of phenolic OH excluding ortho intramolecular Hbond substituents is 1. The molecule has 0 aliphatic rings. The van der Waals surface area contributed by atoms with Crippen LogP contribution in [0.3, 0.4) is 0 Å². The summed E-state index contributed by atoms with van der Waals surface area (Å²) >= 11 is 11.4. The van der Waals surface area contributed by atoms with Crippen molar-refractivity contribution >= 4 is 61.7 Å². The van der Waals surface area contributed by atoms with Crippen molar-refractivity contribution in [3.05, 3.63) is 54.5 Å². The average molecular weight is 467 g/mol. The maximum atomic E-state index is 12.1. The minimum Gasteiger partial charge on any atom is -0.507 e. The molecule has 0 aliphatic heterocycles. The van der Waals surface area contributed by atoms with E-state index >= 15 is 0 Å². The number of hydrogen-bond acceptors (Lipinski definition) is 2. The highest BCUT2D eigenvalue weighted by atomic mass is 127. The fourth-order valence-corrected chi connectivity index (χ4v) is 2.65. The highest BCUT2D eigenvalue weighted by molar-refractivity contribution is 14.1. The number of anilines is 1. The normalized spacial score (nSPS) is 10.4. The van der Waals surface area contributed by atoms with Crippen LogP contribution >= 0.6 is 50.1 Å². The van der Waals surface area contributed by atoms with Crippen molar-refractivity contribution in [3.63, 3.8) is 0 Å². The van der Waals surface area contributed by atoms with E-state index in [1.807, 2.05) is 35.6 Å². The highest BCUT2D eigenvalue weighted by Crippen LogP contribution is 2.30. The van der Waals surface area contributed by atoms with Gasteiger partial charge in [-0.2, -0.15) is 0 Å². The van der Waals surface area contributed by atoms with Crippen molar-refractivity contribution in [1.29, 1.82) is 0 Å². The number of aromatic hydroxyl groups is 1. The highest BCUT2D eigenvalue weighted by Gasteiger charge is 2.11. The molecule has 0 radical (unpaired) electrons. The molecule has 0 aromatic heterocycles. The fraction of sp³-hybridized carbons (Fsp3) is 0.0714. The lowest BCUT2D eigenvalue weighted by atomic mass is 10.2. The van der Waals surface area contributed by atoms with Gasteiger partial charge < -0.3 is 10.4 Å². The van der Waals surface area contributed by atoms with Gasteiger partial charge in [-0.1, -0.05) is 11.6 Å². The monoisotopic (exact) mass is 465 g/mol. The maximum absolute atomic E-state index is 12.1. The Morgan fingerprint density at radius 3 is 2.70 bits per heavy atom. The van der Waals surface area contributed by atoms with Crippen LogP contribution in [0.25, 0.3) is 0 Å². The average Bonchev–Trinajstić information content (AvgIpc) is 2.39. The molecular formula is C14H10BrClINO2. The Balaban J connectivity index is 2.27. The molecule has 0 fully saturated rings. The SMILES string of the molecule is Cc1cc(Br)c(NC(=O)c2ccc(I)c(O)c2)cc1Cl. The summed E-state index contributed by atoms with van der Waals surface area (Å²) in [6.45, 7) is 1.88. The van der Waals surface area contributed by atoms with Gasteiger partial charge in [-0.05, 0) is 81.3 Å². The molecule has 0 spiro atoms. The predicted octanol–water partition coefficient (Wildman–Crippen LogP) is 4.97. The molecule has 2 aromatic carbocycles. The number of nitrogens with one attached hydrogen (secondary N) is 1. The Hall–Kier alpha value is -0.790. The summed E-state index contributed by atoms with van der Waals surface area (Å²) in [5, 5.41) is 13.0. The van der Waals surface area contributed by atoms with Crippen LogP contribution in [0.4, 0.5) is 5.69 Å². The minimum absolute atomic E-state index is 0.0826. The van der Waals surface area contributed by atoms with Crippen LogP contribution in [0, 0.1) is 10.5 Å². The largest absolute Gasteiger partial charge is 0.507 e. The van der Waals surface area contributed by atoms with E-state index in [-0.39, 0.29) is 11.7 Å². The summed E-state index contributed by atoms with van der Waals surface area (Å²) in [6.07, 6.45) is 0. The summed E-state index contributed by atoms with van der Waals surface area (Å²) < 4.78 is 1.45. The number of halogens is 3. The summed E-state index contributed by atoms with van der Waals surface area (Å²) in [4.78, 5) is 12.1. The van der Waals surface area contributed by atoms with Crippen molar-refractivity contribution in [2.45, 2.75) is 6.92 Å². The lowest BCUT2D eigenvalue weighted by Crippen LogP contribution is -2.12. The molecule has 104 valence electrons. The fourth-order valence-electron chi connectivity index (χ4n) is 1.59. The van der Waals surface area contributed by atoms with Crippen molar-refractivity contribution in [2.75, 3.05) is 5.32 Å². The van der Waals surface area contributed by atoms with E-state index in [4.69, 9.17) is 11.6 Å². The molecule has 6 heteroatoms. The molecule has 1 amide bonds. The van der Waals surface area contributed by atoms with Gasteiger partial charge in [0, 0.05) is 15.1 Å². The zero-order valence-corrected chi connectivity index (χ0v) is 14.9. The zero-order valence-electron chi connectivity index (χ0n) is 10.4. The van der Waals surface area contributed by atoms with Gasteiger partial charge in [0.1, 0.15) is 5.75 Å².